The normalized spacial score (nSPS) is 22.2. The summed E-state index contributed by atoms with van der Waals surface area (Å²) in [6.07, 6.45) is 2.57. The predicted octanol–water partition coefficient (Wildman–Crippen LogP) is 4.56. The first kappa shape index (κ1) is 20.8. The Kier molecular flexibility index (Phi) is 4.66. The van der Waals surface area contributed by atoms with Crippen LogP contribution in [0.5, 0.6) is 0 Å². The van der Waals surface area contributed by atoms with Crippen molar-refractivity contribution in [2.45, 2.75) is 38.3 Å². The number of aryl methyl sites for hydroxylation is 1. The van der Waals surface area contributed by atoms with Crippen LogP contribution in [0.2, 0.25) is 0 Å². The Morgan fingerprint density at radius 2 is 1.85 bits per heavy atom. The molecule has 6 nitrogen and oxygen atoms in total. The average molecular weight is 454 g/mol. The molecule has 2 atom stereocenters. The molecule has 0 radical (unpaired) electrons. The van der Waals surface area contributed by atoms with Gasteiger partial charge in [0.1, 0.15) is 12.3 Å². The van der Waals surface area contributed by atoms with Gasteiger partial charge in [-0.3, -0.25) is 9.59 Å². The van der Waals surface area contributed by atoms with E-state index in [0.717, 1.165) is 34.1 Å². The van der Waals surface area contributed by atoms with E-state index in [1.54, 1.807) is 22.1 Å². The molecule has 4 heterocycles. The lowest BCUT2D eigenvalue weighted by Crippen LogP contribution is -2.67. The van der Waals surface area contributed by atoms with Crippen molar-refractivity contribution >= 4 is 22.7 Å². The van der Waals surface area contributed by atoms with Crippen molar-refractivity contribution in [3.8, 4) is 0 Å². The van der Waals surface area contributed by atoms with Crippen LogP contribution in [-0.4, -0.2) is 39.7 Å². The molecule has 0 bridgehead atoms. The first-order valence-corrected chi connectivity index (χ1v) is 11.8. The minimum Gasteiger partial charge on any atom is -0.467 e. The van der Waals surface area contributed by atoms with E-state index in [-0.39, 0.29) is 30.8 Å². The number of nitrogens with one attached hydrogen (secondary N) is 1. The number of hydrogen-bond acceptors (Lipinski definition) is 3. The SMILES string of the molecule is CCc1ccc(C2CN3C(=O)CN(Cc4ccco4)C(=O)[C@]3(C)c3[nH]c4ccccc4c32)cc1. The number of furan rings is 1. The van der Waals surface area contributed by atoms with Gasteiger partial charge in [-0.2, -0.15) is 0 Å². The van der Waals surface area contributed by atoms with Gasteiger partial charge in [0.25, 0.3) is 5.91 Å². The highest BCUT2D eigenvalue weighted by atomic mass is 16.3. The Hall–Kier alpha value is -3.80. The van der Waals surface area contributed by atoms with Gasteiger partial charge in [-0.1, -0.05) is 49.4 Å². The molecule has 172 valence electrons. The molecule has 4 aromatic rings. The van der Waals surface area contributed by atoms with Crippen molar-refractivity contribution in [2.24, 2.45) is 0 Å². The molecule has 1 N–H and O–H groups in total. The van der Waals surface area contributed by atoms with Gasteiger partial charge in [-0.25, -0.2) is 0 Å². The van der Waals surface area contributed by atoms with Gasteiger partial charge in [0, 0.05) is 23.4 Å². The van der Waals surface area contributed by atoms with Crippen LogP contribution in [0.3, 0.4) is 0 Å². The highest BCUT2D eigenvalue weighted by Crippen LogP contribution is 2.48. The van der Waals surface area contributed by atoms with E-state index in [9.17, 15) is 9.59 Å². The predicted molar refractivity (Wildman–Crippen MR) is 129 cm³/mol. The van der Waals surface area contributed by atoms with E-state index >= 15 is 0 Å². The third kappa shape index (κ3) is 2.94. The number of amides is 2. The molecule has 1 fully saturated rings. The standard InChI is InChI=1S/C28H27N3O3/c1-3-18-10-12-19(13-11-18)22-16-31-24(32)17-30(15-20-7-6-14-34-20)27(33)28(31,2)26-25(22)21-8-4-5-9-23(21)29-26/h4-14,22,29H,3,15-17H2,1-2H3/t22?,28-/m0/s1. The average Bonchev–Trinajstić information content (AvgIpc) is 3.51. The van der Waals surface area contributed by atoms with E-state index in [4.69, 9.17) is 4.42 Å². The number of nitrogens with zero attached hydrogens (tertiary/aromatic N) is 2. The van der Waals surface area contributed by atoms with Crippen LogP contribution in [-0.2, 0) is 28.1 Å². The number of hydrogen-bond donors (Lipinski definition) is 1. The number of carbonyl (C=O) groups excluding carboxylic acids is 2. The fourth-order valence-electron chi connectivity index (χ4n) is 5.68. The van der Waals surface area contributed by atoms with Crippen molar-refractivity contribution in [3.63, 3.8) is 0 Å². The van der Waals surface area contributed by atoms with Crippen molar-refractivity contribution in [2.75, 3.05) is 13.1 Å². The van der Waals surface area contributed by atoms with Crippen molar-refractivity contribution in [3.05, 3.63) is 95.1 Å². The monoisotopic (exact) mass is 453 g/mol. The van der Waals surface area contributed by atoms with Crippen LogP contribution in [0.25, 0.3) is 10.9 Å². The lowest BCUT2D eigenvalue weighted by atomic mass is 9.76. The lowest BCUT2D eigenvalue weighted by Gasteiger charge is -2.51. The molecule has 34 heavy (non-hydrogen) atoms. The number of H-pyrrole nitrogens is 1. The topological polar surface area (TPSA) is 69.6 Å². The van der Waals surface area contributed by atoms with E-state index in [1.807, 2.05) is 31.2 Å². The van der Waals surface area contributed by atoms with Gasteiger partial charge in [0.2, 0.25) is 5.91 Å². The van der Waals surface area contributed by atoms with Gasteiger partial charge < -0.3 is 19.2 Å². The van der Waals surface area contributed by atoms with Crippen LogP contribution in [0.4, 0.5) is 0 Å². The molecular weight excluding hydrogens is 426 g/mol. The fraction of sp³-hybridized carbons (Fsp3) is 0.286. The van der Waals surface area contributed by atoms with Gasteiger partial charge in [-0.05, 0) is 48.2 Å². The van der Waals surface area contributed by atoms with E-state index in [1.165, 1.54) is 5.56 Å². The summed E-state index contributed by atoms with van der Waals surface area (Å²) in [4.78, 5) is 34.4. The molecule has 0 saturated carbocycles. The highest BCUT2D eigenvalue weighted by Gasteiger charge is 2.56. The third-order valence-corrected chi connectivity index (χ3v) is 7.53. The zero-order valence-corrected chi connectivity index (χ0v) is 19.4. The second-order valence-electron chi connectivity index (χ2n) is 9.42. The maximum atomic E-state index is 14.0. The summed E-state index contributed by atoms with van der Waals surface area (Å²) in [5, 5.41) is 1.10. The number of rotatable bonds is 4. The summed E-state index contributed by atoms with van der Waals surface area (Å²) in [7, 11) is 0. The largest absolute Gasteiger partial charge is 0.467 e. The molecule has 1 unspecified atom stereocenters. The summed E-state index contributed by atoms with van der Waals surface area (Å²) in [5.41, 5.74) is 4.24. The number of piperazine rings is 1. The smallest absolute Gasteiger partial charge is 0.255 e. The highest BCUT2D eigenvalue weighted by molar-refractivity contribution is 6.01. The second-order valence-corrected chi connectivity index (χ2v) is 9.42. The Labute approximate surface area is 198 Å². The van der Waals surface area contributed by atoms with E-state index in [0.29, 0.717) is 12.3 Å². The van der Waals surface area contributed by atoms with Crippen LogP contribution in [0.15, 0.2) is 71.3 Å². The summed E-state index contributed by atoms with van der Waals surface area (Å²) in [6.45, 7) is 4.82. The molecule has 0 aliphatic carbocycles. The molecule has 2 aromatic carbocycles. The zero-order valence-electron chi connectivity index (χ0n) is 19.4. The maximum absolute atomic E-state index is 14.0. The minimum absolute atomic E-state index is 0.0153. The molecule has 6 rings (SSSR count). The zero-order chi connectivity index (χ0) is 23.4. The molecular formula is C28H27N3O3. The number of aromatic nitrogens is 1. The lowest BCUT2D eigenvalue weighted by molar-refractivity contribution is -0.167. The number of benzene rings is 2. The molecule has 6 heteroatoms. The van der Waals surface area contributed by atoms with Crippen molar-refractivity contribution in [1.29, 1.82) is 0 Å². The van der Waals surface area contributed by atoms with Crippen molar-refractivity contribution in [1.82, 2.24) is 14.8 Å². The summed E-state index contributed by atoms with van der Waals surface area (Å²) < 4.78 is 5.47. The Balaban J connectivity index is 1.52. The first-order chi connectivity index (χ1) is 16.5. The first-order valence-electron chi connectivity index (χ1n) is 11.8. The van der Waals surface area contributed by atoms with Gasteiger partial charge in [0.05, 0.1) is 18.5 Å². The Bertz CT molecular complexity index is 1390. The van der Waals surface area contributed by atoms with Gasteiger partial charge in [-0.15, -0.1) is 0 Å². The van der Waals surface area contributed by atoms with Crippen LogP contribution < -0.4 is 0 Å². The molecule has 2 aliphatic heterocycles. The summed E-state index contributed by atoms with van der Waals surface area (Å²) in [6, 6.07) is 20.4. The summed E-state index contributed by atoms with van der Waals surface area (Å²) >= 11 is 0. The number of fused-ring (bicyclic) bond motifs is 5. The minimum atomic E-state index is -1.10. The molecule has 1 saturated heterocycles. The van der Waals surface area contributed by atoms with Crippen molar-refractivity contribution < 1.29 is 14.0 Å². The molecule has 2 amide bonds. The number of carbonyl (C=O) groups is 2. The van der Waals surface area contributed by atoms with E-state index in [2.05, 4.69) is 42.2 Å². The molecule has 0 spiro atoms. The second kappa shape index (κ2) is 7.62. The number of aromatic amines is 1. The van der Waals surface area contributed by atoms with Crippen LogP contribution in [0.1, 0.15) is 47.9 Å². The van der Waals surface area contributed by atoms with Gasteiger partial charge >= 0.3 is 0 Å². The fourth-order valence-corrected chi connectivity index (χ4v) is 5.68. The van der Waals surface area contributed by atoms with Gasteiger partial charge in [0.15, 0.2) is 5.54 Å². The summed E-state index contributed by atoms with van der Waals surface area (Å²) in [5.74, 6) is 0.516. The quantitative estimate of drug-likeness (QED) is 0.493. The molecule has 2 aromatic heterocycles. The van der Waals surface area contributed by atoms with Crippen LogP contribution >= 0.6 is 0 Å². The number of para-hydroxylation sites is 1. The Morgan fingerprint density at radius 1 is 1.06 bits per heavy atom. The molecule has 2 aliphatic rings. The third-order valence-electron chi connectivity index (χ3n) is 7.53. The maximum Gasteiger partial charge on any atom is 0.255 e. The van der Waals surface area contributed by atoms with Crippen LogP contribution in [0, 0.1) is 0 Å². The van der Waals surface area contributed by atoms with E-state index < -0.39 is 5.54 Å². The Morgan fingerprint density at radius 3 is 2.59 bits per heavy atom.